The van der Waals surface area contributed by atoms with Crippen LogP contribution in [0.5, 0.6) is 23.0 Å². The van der Waals surface area contributed by atoms with Gasteiger partial charge < -0.3 is 18.9 Å². The first-order chi connectivity index (χ1) is 20.2. The van der Waals surface area contributed by atoms with Crippen molar-refractivity contribution in [2.45, 2.75) is 105 Å². The SMILES string of the molecule is CCCCCOc1cc2c(cc1OCCCCC)c1ccsc1c1cc(OCCCCC)c(OCCCCC)cc21. The third-order valence-corrected chi connectivity index (χ3v) is 8.63. The number of hydrogen-bond donors (Lipinski definition) is 0. The van der Waals surface area contributed by atoms with Gasteiger partial charge in [0.2, 0.25) is 0 Å². The molecule has 0 radical (unpaired) electrons. The van der Waals surface area contributed by atoms with Crippen LogP contribution in [0.15, 0.2) is 35.7 Å². The van der Waals surface area contributed by atoms with Crippen molar-refractivity contribution in [2.75, 3.05) is 26.4 Å². The molecule has 0 amide bonds. The summed E-state index contributed by atoms with van der Waals surface area (Å²) in [7, 11) is 0. The Balaban J connectivity index is 1.82. The van der Waals surface area contributed by atoms with E-state index in [9.17, 15) is 0 Å². The van der Waals surface area contributed by atoms with Crippen molar-refractivity contribution in [3.63, 3.8) is 0 Å². The molecule has 3 aromatic carbocycles. The van der Waals surface area contributed by atoms with Gasteiger partial charge in [0.05, 0.1) is 26.4 Å². The predicted molar refractivity (Wildman–Crippen MR) is 177 cm³/mol. The molecule has 0 saturated heterocycles. The van der Waals surface area contributed by atoms with E-state index >= 15 is 0 Å². The maximum atomic E-state index is 6.39. The first-order valence-corrected chi connectivity index (χ1v) is 17.1. The molecule has 4 aromatic rings. The van der Waals surface area contributed by atoms with Crippen LogP contribution in [0, 0.1) is 0 Å². The van der Waals surface area contributed by atoms with Crippen LogP contribution in [0.25, 0.3) is 31.6 Å². The third-order valence-electron chi connectivity index (χ3n) is 7.68. The van der Waals surface area contributed by atoms with Crippen LogP contribution >= 0.6 is 11.3 Å². The van der Waals surface area contributed by atoms with E-state index in [1.807, 2.05) is 0 Å². The van der Waals surface area contributed by atoms with Crippen molar-refractivity contribution in [1.29, 1.82) is 0 Å². The smallest absolute Gasteiger partial charge is 0.161 e. The van der Waals surface area contributed by atoms with Gasteiger partial charge in [-0.15, -0.1) is 11.3 Å². The first kappa shape index (κ1) is 31.3. The summed E-state index contributed by atoms with van der Waals surface area (Å²) >= 11 is 1.79. The third kappa shape index (κ3) is 8.22. The molecule has 0 bridgehead atoms. The van der Waals surface area contributed by atoms with Gasteiger partial charge in [-0.05, 0) is 77.6 Å². The molecule has 0 aliphatic heterocycles. The van der Waals surface area contributed by atoms with Crippen molar-refractivity contribution < 1.29 is 18.9 Å². The van der Waals surface area contributed by atoms with Crippen LogP contribution in [0.2, 0.25) is 0 Å². The zero-order valence-corrected chi connectivity index (χ0v) is 26.6. The van der Waals surface area contributed by atoms with Gasteiger partial charge in [-0.2, -0.15) is 0 Å². The summed E-state index contributed by atoms with van der Waals surface area (Å²) in [6, 6.07) is 11.1. The Morgan fingerprint density at radius 3 is 1.17 bits per heavy atom. The number of hydrogen-bond acceptors (Lipinski definition) is 5. The molecule has 224 valence electrons. The van der Waals surface area contributed by atoms with Crippen LogP contribution in [0.3, 0.4) is 0 Å². The van der Waals surface area contributed by atoms with Crippen LogP contribution in [0.1, 0.15) is 105 Å². The second-order valence-corrected chi connectivity index (χ2v) is 12.0. The van der Waals surface area contributed by atoms with Gasteiger partial charge in [-0.25, -0.2) is 0 Å². The molecule has 0 unspecified atom stereocenters. The highest BCUT2D eigenvalue weighted by atomic mass is 32.1. The second kappa shape index (κ2) is 16.7. The Kier molecular flexibility index (Phi) is 12.7. The van der Waals surface area contributed by atoms with Crippen molar-refractivity contribution in [3.8, 4) is 23.0 Å². The molecule has 1 aromatic heterocycles. The largest absolute Gasteiger partial charge is 0.490 e. The lowest BCUT2D eigenvalue weighted by atomic mass is 9.97. The standard InChI is InChI=1S/C36H50O4S/c1-5-9-13-18-37-32-23-28-27-17-22-41-36(27)31-26-35(40-21-16-12-8-4)34(39-20-15-11-7-3)25-30(31)29(28)24-33(32)38-19-14-10-6-2/h17,22-26H,5-16,18-21H2,1-4H3. The van der Waals surface area contributed by atoms with E-state index in [0.717, 1.165) is 48.7 Å². The molecule has 0 atom stereocenters. The monoisotopic (exact) mass is 578 g/mol. The topological polar surface area (TPSA) is 36.9 Å². The molecule has 0 aliphatic carbocycles. The van der Waals surface area contributed by atoms with E-state index in [0.29, 0.717) is 26.4 Å². The van der Waals surface area contributed by atoms with E-state index < -0.39 is 0 Å². The van der Waals surface area contributed by atoms with Crippen LogP contribution in [-0.4, -0.2) is 26.4 Å². The van der Waals surface area contributed by atoms with E-state index in [1.165, 1.54) is 83.0 Å². The van der Waals surface area contributed by atoms with Crippen LogP contribution in [0.4, 0.5) is 0 Å². The average Bonchev–Trinajstić information content (AvgIpc) is 3.49. The minimum absolute atomic E-state index is 0.699. The Labute approximate surface area is 251 Å². The summed E-state index contributed by atoms with van der Waals surface area (Å²) in [6.45, 7) is 11.7. The number of ether oxygens (including phenoxy) is 4. The highest BCUT2D eigenvalue weighted by Crippen LogP contribution is 2.46. The molecular formula is C36H50O4S. The van der Waals surface area contributed by atoms with Crippen LogP contribution in [-0.2, 0) is 0 Å². The highest BCUT2D eigenvalue weighted by Gasteiger charge is 2.18. The van der Waals surface area contributed by atoms with E-state index in [4.69, 9.17) is 18.9 Å². The molecule has 4 nitrogen and oxygen atoms in total. The van der Waals surface area contributed by atoms with E-state index in [1.54, 1.807) is 11.3 Å². The Bertz CT molecular complexity index is 1260. The van der Waals surface area contributed by atoms with Crippen molar-refractivity contribution in [3.05, 3.63) is 35.7 Å². The fraction of sp³-hybridized carbons (Fsp3) is 0.556. The quantitative estimate of drug-likeness (QED) is 0.0772. The van der Waals surface area contributed by atoms with Crippen molar-refractivity contribution in [2.24, 2.45) is 0 Å². The molecule has 5 heteroatoms. The highest BCUT2D eigenvalue weighted by molar-refractivity contribution is 7.18. The molecule has 1 heterocycles. The van der Waals surface area contributed by atoms with Gasteiger partial charge in [0, 0.05) is 15.5 Å². The maximum Gasteiger partial charge on any atom is 0.161 e. The Hall–Kier alpha value is -2.66. The van der Waals surface area contributed by atoms with Gasteiger partial charge in [0.15, 0.2) is 23.0 Å². The van der Waals surface area contributed by atoms with Gasteiger partial charge in [-0.3, -0.25) is 0 Å². The lowest BCUT2D eigenvalue weighted by Crippen LogP contribution is -2.04. The fourth-order valence-corrected chi connectivity index (χ4v) is 6.24. The fourth-order valence-electron chi connectivity index (χ4n) is 5.29. The van der Waals surface area contributed by atoms with Gasteiger partial charge in [-0.1, -0.05) is 79.1 Å². The summed E-state index contributed by atoms with van der Waals surface area (Å²) in [5.41, 5.74) is 0. The summed E-state index contributed by atoms with van der Waals surface area (Å²) in [6.07, 6.45) is 13.6. The molecule has 0 aliphatic rings. The van der Waals surface area contributed by atoms with Crippen molar-refractivity contribution in [1.82, 2.24) is 0 Å². The van der Waals surface area contributed by atoms with Gasteiger partial charge in [0.1, 0.15) is 0 Å². The maximum absolute atomic E-state index is 6.39. The number of rotatable bonds is 20. The Morgan fingerprint density at radius 2 is 0.780 bits per heavy atom. The summed E-state index contributed by atoms with van der Waals surface area (Å²) in [5, 5.41) is 8.21. The van der Waals surface area contributed by atoms with Crippen LogP contribution < -0.4 is 18.9 Å². The van der Waals surface area contributed by atoms with E-state index in [2.05, 4.69) is 63.4 Å². The molecule has 0 fully saturated rings. The molecule has 0 spiro atoms. The normalized spacial score (nSPS) is 11.5. The second-order valence-electron chi connectivity index (χ2n) is 11.1. The lowest BCUT2D eigenvalue weighted by molar-refractivity contribution is 0.260. The Morgan fingerprint density at radius 1 is 0.439 bits per heavy atom. The minimum Gasteiger partial charge on any atom is -0.490 e. The summed E-state index contributed by atoms with van der Waals surface area (Å²) in [4.78, 5) is 0. The number of thiophene rings is 1. The summed E-state index contributed by atoms with van der Waals surface area (Å²) in [5.74, 6) is 3.38. The van der Waals surface area contributed by atoms with Gasteiger partial charge in [0.25, 0.3) is 0 Å². The summed E-state index contributed by atoms with van der Waals surface area (Å²) < 4.78 is 26.8. The lowest BCUT2D eigenvalue weighted by Gasteiger charge is -2.18. The molecule has 4 rings (SSSR count). The van der Waals surface area contributed by atoms with Crippen molar-refractivity contribution >= 4 is 43.0 Å². The minimum atomic E-state index is 0.699. The molecule has 0 saturated carbocycles. The number of benzene rings is 3. The molecular weight excluding hydrogens is 528 g/mol. The predicted octanol–water partition coefficient (Wildman–Crippen LogP) is 11.5. The molecule has 0 N–H and O–H groups in total. The number of unbranched alkanes of at least 4 members (excludes halogenated alkanes) is 8. The molecule has 41 heavy (non-hydrogen) atoms. The number of fused-ring (bicyclic) bond motifs is 6. The first-order valence-electron chi connectivity index (χ1n) is 16.2. The van der Waals surface area contributed by atoms with E-state index in [-0.39, 0.29) is 0 Å². The zero-order chi connectivity index (χ0) is 28.9. The van der Waals surface area contributed by atoms with Gasteiger partial charge >= 0.3 is 0 Å². The zero-order valence-electron chi connectivity index (χ0n) is 25.8. The average molecular weight is 579 g/mol.